The molecule has 0 aliphatic heterocycles. The predicted molar refractivity (Wildman–Crippen MR) is 77.4 cm³/mol. The lowest BCUT2D eigenvalue weighted by molar-refractivity contribution is -0.120. The van der Waals surface area contributed by atoms with E-state index < -0.39 is 0 Å². The van der Waals surface area contributed by atoms with Crippen LogP contribution >= 0.6 is 12.4 Å². The van der Waals surface area contributed by atoms with Gasteiger partial charge in [0.05, 0.1) is 0 Å². The summed E-state index contributed by atoms with van der Waals surface area (Å²) in [7, 11) is 0. The van der Waals surface area contributed by atoms with E-state index in [0.29, 0.717) is 31.6 Å². The van der Waals surface area contributed by atoms with Gasteiger partial charge in [-0.05, 0) is 19.1 Å². The molecule has 0 spiro atoms. The number of carbonyl (C=O) groups excluding carboxylic acids is 2. The number of aryl methyl sites for hydroxylation is 1. The van der Waals surface area contributed by atoms with E-state index in [1.165, 1.54) is 0 Å². The molecule has 19 heavy (non-hydrogen) atoms. The van der Waals surface area contributed by atoms with Gasteiger partial charge in [0.1, 0.15) is 0 Å². The summed E-state index contributed by atoms with van der Waals surface area (Å²) >= 11 is 0. The normalized spacial score (nSPS) is 9.37. The molecule has 4 N–H and O–H groups in total. The summed E-state index contributed by atoms with van der Waals surface area (Å²) in [5, 5.41) is 5.40. The molecule has 0 saturated heterocycles. The largest absolute Gasteiger partial charge is 0.354 e. The lowest BCUT2D eigenvalue weighted by Crippen LogP contribution is -2.35. The first kappa shape index (κ1) is 17.4. The first-order valence-electron chi connectivity index (χ1n) is 5.95. The summed E-state index contributed by atoms with van der Waals surface area (Å²) in [5.74, 6) is -0.231. The molecule has 0 bridgehead atoms. The van der Waals surface area contributed by atoms with Crippen LogP contribution < -0.4 is 16.4 Å². The second kappa shape index (κ2) is 9.35. The molecule has 0 aromatic heterocycles. The Morgan fingerprint density at radius 3 is 2.26 bits per heavy atom. The van der Waals surface area contributed by atoms with Crippen molar-refractivity contribution in [3.63, 3.8) is 0 Å². The number of nitrogens with two attached hydrogens (primary N) is 1. The maximum Gasteiger partial charge on any atom is 0.251 e. The monoisotopic (exact) mass is 285 g/mol. The minimum absolute atomic E-state index is 0. The van der Waals surface area contributed by atoms with Crippen LogP contribution in [0.2, 0.25) is 0 Å². The second-order valence-electron chi connectivity index (χ2n) is 4.01. The number of rotatable bonds is 6. The summed E-state index contributed by atoms with van der Waals surface area (Å²) in [5.41, 5.74) is 6.97. The fourth-order valence-corrected chi connectivity index (χ4v) is 1.40. The summed E-state index contributed by atoms with van der Waals surface area (Å²) in [6.45, 7) is 3.12. The smallest absolute Gasteiger partial charge is 0.251 e. The van der Waals surface area contributed by atoms with Crippen LogP contribution in [0.5, 0.6) is 0 Å². The van der Waals surface area contributed by atoms with E-state index in [1.54, 1.807) is 12.1 Å². The fraction of sp³-hybridized carbons (Fsp3) is 0.385. The molecule has 0 fully saturated rings. The molecule has 0 atom stereocenters. The topological polar surface area (TPSA) is 84.2 Å². The average molecular weight is 286 g/mol. The van der Waals surface area contributed by atoms with Crippen LogP contribution in [0.3, 0.4) is 0 Å². The van der Waals surface area contributed by atoms with Gasteiger partial charge in [-0.3, -0.25) is 9.59 Å². The van der Waals surface area contributed by atoms with Crippen molar-refractivity contribution in [1.29, 1.82) is 0 Å². The van der Waals surface area contributed by atoms with Crippen molar-refractivity contribution in [2.45, 2.75) is 13.3 Å². The van der Waals surface area contributed by atoms with E-state index >= 15 is 0 Å². The maximum absolute atomic E-state index is 11.7. The van der Waals surface area contributed by atoms with Gasteiger partial charge >= 0.3 is 0 Å². The highest BCUT2D eigenvalue weighted by atomic mass is 35.5. The maximum atomic E-state index is 11.7. The molecule has 0 aliphatic carbocycles. The molecule has 0 radical (unpaired) electrons. The van der Waals surface area contributed by atoms with Crippen LogP contribution in [0, 0.1) is 6.92 Å². The van der Waals surface area contributed by atoms with E-state index in [4.69, 9.17) is 5.73 Å². The van der Waals surface area contributed by atoms with Gasteiger partial charge in [-0.15, -0.1) is 12.4 Å². The molecule has 1 aromatic rings. The number of halogens is 1. The van der Waals surface area contributed by atoms with Crippen LogP contribution in [0.1, 0.15) is 22.3 Å². The Labute approximate surface area is 119 Å². The third-order valence-corrected chi connectivity index (χ3v) is 2.42. The molecule has 6 heteroatoms. The van der Waals surface area contributed by atoms with Crippen molar-refractivity contribution in [2.24, 2.45) is 5.73 Å². The molecule has 1 aromatic carbocycles. The van der Waals surface area contributed by atoms with E-state index in [2.05, 4.69) is 10.6 Å². The minimum atomic E-state index is -0.136. The van der Waals surface area contributed by atoms with Gasteiger partial charge in [-0.25, -0.2) is 0 Å². The van der Waals surface area contributed by atoms with E-state index in [-0.39, 0.29) is 24.2 Å². The van der Waals surface area contributed by atoms with E-state index in [9.17, 15) is 9.59 Å². The Kier molecular flexibility index (Phi) is 8.57. The van der Waals surface area contributed by atoms with Crippen LogP contribution in [0.25, 0.3) is 0 Å². The minimum Gasteiger partial charge on any atom is -0.354 e. The SMILES string of the molecule is Cc1ccc(C(=O)NCCNC(=O)CCN)cc1.Cl. The van der Waals surface area contributed by atoms with Crippen molar-refractivity contribution in [1.82, 2.24) is 10.6 Å². The van der Waals surface area contributed by atoms with Crippen LogP contribution in [-0.4, -0.2) is 31.4 Å². The van der Waals surface area contributed by atoms with Crippen molar-refractivity contribution >= 4 is 24.2 Å². The first-order chi connectivity index (χ1) is 8.63. The Morgan fingerprint density at radius 2 is 1.68 bits per heavy atom. The van der Waals surface area contributed by atoms with Gasteiger partial charge in [0.15, 0.2) is 0 Å². The summed E-state index contributed by atoms with van der Waals surface area (Å²) in [6.07, 6.45) is 0.311. The lowest BCUT2D eigenvalue weighted by Gasteiger charge is -2.07. The zero-order valence-corrected chi connectivity index (χ0v) is 11.8. The number of nitrogens with one attached hydrogen (secondary N) is 2. The fourth-order valence-electron chi connectivity index (χ4n) is 1.40. The highest BCUT2D eigenvalue weighted by Crippen LogP contribution is 2.02. The van der Waals surface area contributed by atoms with Gasteiger partial charge in [-0.2, -0.15) is 0 Å². The van der Waals surface area contributed by atoms with Gasteiger partial charge in [-0.1, -0.05) is 17.7 Å². The van der Waals surface area contributed by atoms with Gasteiger partial charge in [0.2, 0.25) is 5.91 Å². The quantitative estimate of drug-likeness (QED) is 0.670. The molecule has 5 nitrogen and oxygen atoms in total. The molecule has 1 rings (SSSR count). The highest BCUT2D eigenvalue weighted by Gasteiger charge is 2.04. The third kappa shape index (κ3) is 6.79. The first-order valence-corrected chi connectivity index (χ1v) is 5.95. The summed E-state index contributed by atoms with van der Waals surface area (Å²) in [4.78, 5) is 22.8. The molecule has 106 valence electrons. The molecule has 0 aliphatic rings. The third-order valence-electron chi connectivity index (χ3n) is 2.42. The van der Waals surface area contributed by atoms with Crippen molar-refractivity contribution in [2.75, 3.05) is 19.6 Å². The zero-order valence-electron chi connectivity index (χ0n) is 10.9. The molecule has 0 unspecified atom stereocenters. The van der Waals surface area contributed by atoms with Gasteiger partial charge in [0, 0.05) is 31.6 Å². The zero-order chi connectivity index (χ0) is 13.4. The lowest BCUT2D eigenvalue weighted by atomic mass is 10.1. The molecule has 2 amide bonds. The standard InChI is InChI=1S/C13H19N3O2.ClH/c1-10-2-4-11(5-3-10)13(18)16-9-8-15-12(17)6-7-14;/h2-5H,6-9,14H2,1H3,(H,15,17)(H,16,18);1H. The molecular weight excluding hydrogens is 266 g/mol. The van der Waals surface area contributed by atoms with Crippen molar-refractivity contribution in [3.05, 3.63) is 35.4 Å². The predicted octanol–water partition coefficient (Wildman–Crippen LogP) is 0.612. The van der Waals surface area contributed by atoms with Gasteiger partial charge in [0.25, 0.3) is 5.91 Å². The van der Waals surface area contributed by atoms with Crippen LogP contribution in [0.15, 0.2) is 24.3 Å². The molecule has 0 heterocycles. The number of hydrogen-bond donors (Lipinski definition) is 3. The number of hydrogen-bond acceptors (Lipinski definition) is 3. The Balaban J connectivity index is 0.00000324. The highest BCUT2D eigenvalue weighted by molar-refractivity contribution is 5.94. The Bertz CT molecular complexity index is 407. The van der Waals surface area contributed by atoms with E-state index in [0.717, 1.165) is 5.56 Å². The van der Waals surface area contributed by atoms with E-state index in [1.807, 2.05) is 19.1 Å². The average Bonchev–Trinajstić information content (AvgIpc) is 2.35. The molecule has 0 saturated carbocycles. The number of amides is 2. The van der Waals surface area contributed by atoms with Crippen molar-refractivity contribution < 1.29 is 9.59 Å². The number of benzene rings is 1. The van der Waals surface area contributed by atoms with Gasteiger partial charge < -0.3 is 16.4 Å². The number of carbonyl (C=O) groups is 2. The Morgan fingerprint density at radius 1 is 1.11 bits per heavy atom. The second-order valence-corrected chi connectivity index (χ2v) is 4.01. The van der Waals surface area contributed by atoms with Crippen LogP contribution in [-0.2, 0) is 4.79 Å². The summed E-state index contributed by atoms with van der Waals surface area (Å²) < 4.78 is 0. The van der Waals surface area contributed by atoms with Crippen LogP contribution in [0.4, 0.5) is 0 Å². The Hall–Kier alpha value is -1.59. The molecular formula is C13H20ClN3O2. The van der Waals surface area contributed by atoms with Crippen molar-refractivity contribution in [3.8, 4) is 0 Å². The summed E-state index contributed by atoms with van der Waals surface area (Å²) in [6, 6.07) is 7.32.